The molecule has 92 valence electrons. The number of ether oxygens (including phenoxy) is 1. The molecule has 1 aliphatic heterocycles. The Kier molecular flexibility index (Phi) is 3.64. The minimum Gasteiger partial charge on any atom is -0.449 e. The number of hydrogen-bond donors (Lipinski definition) is 1. The monoisotopic (exact) mass is 234 g/mol. The largest absolute Gasteiger partial charge is 0.449 e. The Bertz CT molecular complexity index is 406. The Labute approximate surface area is 102 Å². The van der Waals surface area contributed by atoms with Gasteiger partial charge in [-0.15, -0.1) is 0 Å². The van der Waals surface area contributed by atoms with Crippen molar-refractivity contribution in [2.24, 2.45) is 5.92 Å². The SMILES string of the molecule is CNCC1COC(=O)N(c2ccccc2C)C1. The molecule has 4 heteroatoms. The molecular formula is C13H18N2O2. The van der Waals surface area contributed by atoms with Crippen molar-refractivity contribution in [1.29, 1.82) is 0 Å². The fourth-order valence-corrected chi connectivity index (χ4v) is 2.13. The summed E-state index contributed by atoms with van der Waals surface area (Å²) in [6, 6.07) is 7.87. The molecule has 1 saturated heterocycles. The highest BCUT2D eigenvalue weighted by molar-refractivity contribution is 5.89. The van der Waals surface area contributed by atoms with Crippen molar-refractivity contribution in [3.05, 3.63) is 29.8 Å². The number of para-hydroxylation sites is 1. The molecule has 1 unspecified atom stereocenters. The van der Waals surface area contributed by atoms with Gasteiger partial charge in [-0.05, 0) is 25.6 Å². The fraction of sp³-hybridized carbons (Fsp3) is 0.462. The van der Waals surface area contributed by atoms with Gasteiger partial charge in [-0.25, -0.2) is 4.79 Å². The number of cyclic esters (lactones) is 1. The van der Waals surface area contributed by atoms with Crippen molar-refractivity contribution < 1.29 is 9.53 Å². The van der Waals surface area contributed by atoms with Gasteiger partial charge in [0, 0.05) is 24.7 Å². The fourth-order valence-electron chi connectivity index (χ4n) is 2.13. The minimum absolute atomic E-state index is 0.244. The molecule has 1 aromatic rings. The highest BCUT2D eigenvalue weighted by Gasteiger charge is 2.28. The molecule has 4 nitrogen and oxygen atoms in total. The van der Waals surface area contributed by atoms with Gasteiger partial charge in [-0.1, -0.05) is 18.2 Å². The van der Waals surface area contributed by atoms with Crippen LogP contribution in [0.25, 0.3) is 0 Å². The smallest absolute Gasteiger partial charge is 0.414 e. The van der Waals surface area contributed by atoms with E-state index in [1.54, 1.807) is 4.90 Å². The summed E-state index contributed by atoms with van der Waals surface area (Å²) in [6.07, 6.45) is -0.244. The maximum absolute atomic E-state index is 11.8. The molecule has 0 saturated carbocycles. The van der Waals surface area contributed by atoms with Gasteiger partial charge in [0.05, 0.1) is 6.61 Å². The van der Waals surface area contributed by atoms with Crippen molar-refractivity contribution in [2.75, 3.05) is 31.6 Å². The van der Waals surface area contributed by atoms with Crippen LogP contribution in [-0.4, -0.2) is 32.8 Å². The van der Waals surface area contributed by atoms with Gasteiger partial charge in [-0.2, -0.15) is 0 Å². The van der Waals surface area contributed by atoms with E-state index in [-0.39, 0.29) is 6.09 Å². The summed E-state index contributed by atoms with van der Waals surface area (Å²) < 4.78 is 5.21. The first-order valence-corrected chi connectivity index (χ1v) is 5.87. The highest BCUT2D eigenvalue weighted by Crippen LogP contribution is 2.24. The zero-order valence-corrected chi connectivity index (χ0v) is 10.3. The number of benzene rings is 1. The first-order chi connectivity index (χ1) is 8.22. The second-order valence-electron chi connectivity index (χ2n) is 4.40. The molecule has 1 atom stereocenters. The molecule has 1 fully saturated rings. The van der Waals surface area contributed by atoms with Gasteiger partial charge in [0.2, 0.25) is 0 Å². The topological polar surface area (TPSA) is 41.6 Å². The van der Waals surface area contributed by atoms with Crippen LogP contribution in [0.15, 0.2) is 24.3 Å². The molecule has 0 radical (unpaired) electrons. The van der Waals surface area contributed by atoms with Crippen LogP contribution in [-0.2, 0) is 4.74 Å². The van der Waals surface area contributed by atoms with E-state index < -0.39 is 0 Å². The van der Waals surface area contributed by atoms with Gasteiger partial charge in [0.15, 0.2) is 0 Å². The maximum atomic E-state index is 11.8. The quantitative estimate of drug-likeness (QED) is 0.867. The number of nitrogens with one attached hydrogen (secondary N) is 1. The first-order valence-electron chi connectivity index (χ1n) is 5.87. The summed E-state index contributed by atoms with van der Waals surface area (Å²) in [5.41, 5.74) is 2.04. The molecule has 1 N–H and O–H groups in total. The molecule has 0 aromatic heterocycles. The first kappa shape index (κ1) is 11.9. The predicted octanol–water partition coefficient (Wildman–Crippen LogP) is 1.79. The summed E-state index contributed by atoms with van der Waals surface area (Å²) in [7, 11) is 1.91. The van der Waals surface area contributed by atoms with Crippen LogP contribution in [0.5, 0.6) is 0 Å². The van der Waals surface area contributed by atoms with Crippen LogP contribution in [0.2, 0.25) is 0 Å². The number of amides is 1. The predicted molar refractivity (Wildman–Crippen MR) is 67.3 cm³/mol. The van der Waals surface area contributed by atoms with Crippen LogP contribution < -0.4 is 10.2 Å². The van der Waals surface area contributed by atoms with Crippen LogP contribution in [0.4, 0.5) is 10.5 Å². The van der Waals surface area contributed by atoms with Crippen molar-refractivity contribution in [1.82, 2.24) is 5.32 Å². The summed E-state index contributed by atoms with van der Waals surface area (Å²) in [5.74, 6) is 0.345. The molecule has 0 bridgehead atoms. The van der Waals surface area contributed by atoms with E-state index in [2.05, 4.69) is 5.32 Å². The number of hydrogen-bond acceptors (Lipinski definition) is 3. The van der Waals surface area contributed by atoms with Crippen LogP contribution in [0.1, 0.15) is 5.56 Å². The molecule has 1 amide bonds. The zero-order valence-electron chi connectivity index (χ0n) is 10.3. The van der Waals surface area contributed by atoms with E-state index in [4.69, 9.17) is 4.74 Å². The summed E-state index contributed by atoms with van der Waals surface area (Å²) in [4.78, 5) is 13.5. The second-order valence-corrected chi connectivity index (χ2v) is 4.40. The zero-order chi connectivity index (χ0) is 12.3. The number of aryl methyl sites for hydroxylation is 1. The number of carbonyl (C=O) groups excluding carboxylic acids is 1. The van der Waals surface area contributed by atoms with Crippen LogP contribution >= 0.6 is 0 Å². The van der Waals surface area contributed by atoms with Crippen molar-refractivity contribution >= 4 is 11.8 Å². The molecule has 1 aliphatic rings. The molecule has 2 rings (SSSR count). The number of anilines is 1. The van der Waals surface area contributed by atoms with E-state index in [1.165, 1.54) is 0 Å². The van der Waals surface area contributed by atoms with E-state index >= 15 is 0 Å². The lowest BCUT2D eigenvalue weighted by atomic mass is 10.1. The Morgan fingerprint density at radius 2 is 2.24 bits per heavy atom. The van der Waals surface area contributed by atoms with Gasteiger partial charge >= 0.3 is 6.09 Å². The van der Waals surface area contributed by atoms with Crippen LogP contribution in [0.3, 0.4) is 0 Å². The second kappa shape index (κ2) is 5.19. The third kappa shape index (κ3) is 2.58. The van der Waals surface area contributed by atoms with E-state index in [0.717, 1.165) is 17.8 Å². The molecule has 1 aromatic carbocycles. The van der Waals surface area contributed by atoms with E-state index in [9.17, 15) is 4.79 Å². The number of rotatable bonds is 3. The number of nitrogens with zero attached hydrogens (tertiary/aromatic N) is 1. The lowest BCUT2D eigenvalue weighted by molar-refractivity contribution is 0.115. The van der Waals surface area contributed by atoms with Crippen molar-refractivity contribution in [3.63, 3.8) is 0 Å². The molecule has 1 heterocycles. The third-order valence-corrected chi connectivity index (χ3v) is 3.00. The lowest BCUT2D eigenvalue weighted by Crippen LogP contribution is -2.46. The Morgan fingerprint density at radius 1 is 1.47 bits per heavy atom. The normalized spacial score (nSPS) is 20.2. The van der Waals surface area contributed by atoms with Gasteiger partial charge in [0.25, 0.3) is 0 Å². The Morgan fingerprint density at radius 3 is 2.94 bits per heavy atom. The number of carbonyl (C=O) groups is 1. The minimum atomic E-state index is -0.244. The Hall–Kier alpha value is -1.55. The summed E-state index contributed by atoms with van der Waals surface area (Å²) in [5, 5.41) is 3.12. The molecular weight excluding hydrogens is 216 g/mol. The third-order valence-electron chi connectivity index (χ3n) is 3.00. The standard InChI is InChI=1S/C13H18N2O2/c1-10-5-3-4-6-12(10)15-8-11(7-14-2)9-17-13(15)16/h3-6,11,14H,7-9H2,1-2H3. The van der Waals surface area contributed by atoms with Crippen molar-refractivity contribution in [3.8, 4) is 0 Å². The van der Waals surface area contributed by atoms with Gasteiger partial charge < -0.3 is 10.1 Å². The summed E-state index contributed by atoms with van der Waals surface area (Å²) >= 11 is 0. The van der Waals surface area contributed by atoms with E-state index in [1.807, 2.05) is 38.2 Å². The van der Waals surface area contributed by atoms with Gasteiger partial charge in [0.1, 0.15) is 0 Å². The average Bonchev–Trinajstić information content (AvgIpc) is 2.33. The highest BCUT2D eigenvalue weighted by atomic mass is 16.6. The van der Waals surface area contributed by atoms with Crippen molar-refractivity contribution in [2.45, 2.75) is 6.92 Å². The summed E-state index contributed by atoms with van der Waals surface area (Å²) in [6.45, 7) is 4.08. The van der Waals surface area contributed by atoms with Crippen LogP contribution in [0, 0.1) is 12.8 Å². The van der Waals surface area contributed by atoms with Gasteiger partial charge in [-0.3, -0.25) is 4.90 Å². The Balaban J connectivity index is 2.18. The maximum Gasteiger partial charge on any atom is 0.414 e. The molecule has 0 spiro atoms. The lowest BCUT2D eigenvalue weighted by Gasteiger charge is -2.32. The van der Waals surface area contributed by atoms with E-state index in [0.29, 0.717) is 19.1 Å². The molecule has 17 heavy (non-hydrogen) atoms. The molecule has 0 aliphatic carbocycles. The average molecular weight is 234 g/mol.